The predicted molar refractivity (Wildman–Crippen MR) is 123 cm³/mol. The van der Waals surface area contributed by atoms with Crippen molar-refractivity contribution in [1.82, 2.24) is 9.80 Å². The van der Waals surface area contributed by atoms with Crippen LogP contribution in [0, 0.1) is 5.92 Å². The summed E-state index contributed by atoms with van der Waals surface area (Å²) in [6.45, 7) is 3.56. The van der Waals surface area contributed by atoms with Gasteiger partial charge in [0.1, 0.15) is 0 Å². The molecule has 1 aliphatic heterocycles. The first-order valence-electron chi connectivity index (χ1n) is 11.5. The normalized spacial score (nSPS) is 21.7. The molecule has 0 aromatic heterocycles. The second-order valence-corrected chi connectivity index (χ2v) is 9.49. The third-order valence-electron chi connectivity index (χ3n) is 6.62. The number of rotatable bonds is 8. The monoisotopic (exact) mass is 449 g/mol. The van der Waals surface area contributed by atoms with Crippen LogP contribution in [0.25, 0.3) is 0 Å². The summed E-state index contributed by atoms with van der Waals surface area (Å²) in [5, 5.41) is 0.668. The fourth-order valence-corrected chi connectivity index (χ4v) is 5.08. The first kappa shape index (κ1) is 24.0. The van der Waals surface area contributed by atoms with Crippen LogP contribution in [0.15, 0.2) is 24.3 Å². The van der Waals surface area contributed by atoms with E-state index in [0.29, 0.717) is 31.1 Å². The van der Waals surface area contributed by atoms with Crippen molar-refractivity contribution < 1.29 is 14.3 Å². The Morgan fingerprint density at radius 3 is 2.48 bits per heavy atom. The van der Waals surface area contributed by atoms with E-state index < -0.39 is 6.04 Å². The molecule has 0 bridgehead atoms. The van der Waals surface area contributed by atoms with Gasteiger partial charge >= 0.3 is 0 Å². The molecule has 172 valence electrons. The molecule has 1 heterocycles. The first-order valence-corrected chi connectivity index (χ1v) is 11.9. The van der Waals surface area contributed by atoms with E-state index in [1.807, 2.05) is 36.1 Å². The Labute approximate surface area is 191 Å². The van der Waals surface area contributed by atoms with Gasteiger partial charge in [0, 0.05) is 31.3 Å². The van der Waals surface area contributed by atoms with Gasteiger partial charge in [-0.2, -0.15) is 0 Å². The number of benzene rings is 1. The minimum atomic E-state index is -0.592. The maximum atomic E-state index is 13.3. The van der Waals surface area contributed by atoms with E-state index in [2.05, 4.69) is 4.90 Å². The second kappa shape index (κ2) is 11.3. The minimum absolute atomic E-state index is 0.0431. The van der Waals surface area contributed by atoms with Crippen molar-refractivity contribution >= 4 is 23.4 Å². The molecule has 1 aromatic carbocycles. The summed E-state index contributed by atoms with van der Waals surface area (Å²) in [5.41, 5.74) is 7.25. The molecule has 7 heteroatoms. The molecule has 0 radical (unpaired) electrons. The van der Waals surface area contributed by atoms with Crippen LogP contribution in [0.4, 0.5) is 0 Å². The largest absolute Gasteiger partial charge is 0.384 e. The lowest BCUT2D eigenvalue weighted by atomic mass is 9.92. The van der Waals surface area contributed by atoms with Crippen LogP contribution in [0.5, 0.6) is 0 Å². The van der Waals surface area contributed by atoms with E-state index >= 15 is 0 Å². The zero-order chi connectivity index (χ0) is 22.4. The number of hydrogen-bond donors (Lipinski definition) is 1. The number of likely N-dealkylation sites (tertiary alicyclic amines) is 1. The van der Waals surface area contributed by atoms with E-state index in [1.165, 1.54) is 6.42 Å². The van der Waals surface area contributed by atoms with E-state index in [0.717, 1.165) is 37.7 Å². The number of hydrogen-bond acceptors (Lipinski definition) is 4. The molecule has 3 atom stereocenters. The van der Waals surface area contributed by atoms with Crippen LogP contribution < -0.4 is 5.73 Å². The first-order chi connectivity index (χ1) is 14.9. The molecule has 2 fully saturated rings. The molecule has 1 aromatic rings. The van der Waals surface area contributed by atoms with Gasteiger partial charge in [-0.3, -0.25) is 9.59 Å². The smallest absolute Gasteiger partial charge is 0.239 e. The molecule has 2 aliphatic rings. The van der Waals surface area contributed by atoms with Crippen molar-refractivity contribution in [2.45, 2.75) is 70.0 Å². The second-order valence-electron chi connectivity index (χ2n) is 9.06. The molecule has 1 saturated carbocycles. The van der Waals surface area contributed by atoms with E-state index in [4.69, 9.17) is 22.1 Å². The van der Waals surface area contributed by atoms with E-state index in [9.17, 15) is 9.59 Å². The van der Waals surface area contributed by atoms with Gasteiger partial charge in [0.25, 0.3) is 0 Å². The van der Waals surface area contributed by atoms with Gasteiger partial charge in [0.05, 0.1) is 24.6 Å². The number of nitrogens with zero attached hydrogens (tertiary/aromatic N) is 2. The summed E-state index contributed by atoms with van der Waals surface area (Å²) in [4.78, 5) is 30.3. The molecule has 2 amide bonds. The van der Waals surface area contributed by atoms with Crippen LogP contribution in [0.1, 0.15) is 51.0 Å². The van der Waals surface area contributed by atoms with Crippen molar-refractivity contribution in [2.24, 2.45) is 11.7 Å². The van der Waals surface area contributed by atoms with Crippen LogP contribution in [0.2, 0.25) is 5.02 Å². The minimum Gasteiger partial charge on any atom is -0.384 e. The highest BCUT2D eigenvalue weighted by atomic mass is 35.5. The van der Waals surface area contributed by atoms with Crippen LogP contribution in [0.3, 0.4) is 0 Å². The molecular formula is C24H36ClN3O3. The SMILES string of the molecule is COCC(C)C(=O)N(C1CCCCC1)C1CCN(C(=O)C(N)Cc2ccc(Cl)cc2)C1. The molecule has 2 N–H and O–H groups in total. The lowest BCUT2D eigenvalue weighted by Gasteiger charge is -2.40. The summed E-state index contributed by atoms with van der Waals surface area (Å²) in [6, 6.07) is 7.17. The van der Waals surface area contributed by atoms with Gasteiger partial charge in [0.2, 0.25) is 11.8 Å². The number of halogens is 1. The molecule has 6 nitrogen and oxygen atoms in total. The van der Waals surface area contributed by atoms with Gasteiger partial charge in [-0.15, -0.1) is 0 Å². The van der Waals surface area contributed by atoms with Gasteiger partial charge < -0.3 is 20.3 Å². The fraction of sp³-hybridized carbons (Fsp3) is 0.667. The number of nitrogens with two attached hydrogens (primary N) is 1. The average molecular weight is 450 g/mol. The third-order valence-corrected chi connectivity index (χ3v) is 6.87. The lowest BCUT2D eigenvalue weighted by Crippen LogP contribution is -2.52. The van der Waals surface area contributed by atoms with Crippen molar-refractivity contribution in [3.63, 3.8) is 0 Å². The Hall–Kier alpha value is -1.63. The topological polar surface area (TPSA) is 75.9 Å². The van der Waals surface area contributed by atoms with E-state index in [-0.39, 0.29) is 29.8 Å². The Balaban J connectivity index is 1.65. The summed E-state index contributed by atoms with van der Waals surface area (Å²) in [6.07, 6.45) is 6.94. The lowest BCUT2D eigenvalue weighted by molar-refractivity contribution is -0.143. The summed E-state index contributed by atoms with van der Waals surface area (Å²) >= 11 is 5.95. The van der Waals surface area contributed by atoms with Crippen molar-refractivity contribution in [3.05, 3.63) is 34.9 Å². The standard InChI is InChI=1S/C24H36ClN3O3/c1-17(16-31-2)23(29)28(20-6-4-3-5-7-20)21-12-13-27(15-21)24(30)22(26)14-18-8-10-19(25)11-9-18/h8-11,17,20-22H,3-7,12-16,26H2,1-2H3. The number of methoxy groups -OCH3 is 1. The Bertz CT molecular complexity index is 736. The number of carbonyl (C=O) groups is 2. The highest BCUT2D eigenvalue weighted by Crippen LogP contribution is 2.29. The van der Waals surface area contributed by atoms with Crippen LogP contribution in [-0.4, -0.2) is 66.5 Å². The fourth-order valence-electron chi connectivity index (χ4n) is 4.96. The average Bonchev–Trinajstić information content (AvgIpc) is 3.25. The van der Waals surface area contributed by atoms with Gasteiger partial charge in [-0.05, 0) is 43.4 Å². The maximum Gasteiger partial charge on any atom is 0.239 e. The molecule has 3 rings (SSSR count). The summed E-state index contributed by atoms with van der Waals surface area (Å²) in [5.74, 6) is -0.0687. The highest BCUT2D eigenvalue weighted by molar-refractivity contribution is 6.30. The molecule has 1 saturated heterocycles. The zero-order valence-corrected chi connectivity index (χ0v) is 19.5. The highest BCUT2D eigenvalue weighted by Gasteiger charge is 2.39. The quantitative estimate of drug-likeness (QED) is 0.660. The van der Waals surface area contributed by atoms with Crippen molar-refractivity contribution in [1.29, 1.82) is 0 Å². The van der Waals surface area contributed by atoms with Gasteiger partial charge in [-0.1, -0.05) is 49.9 Å². The molecule has 1 aliphatic carbocycles. The van der Waals surface area contributed by atoms with Gasteiger partial charge in [0.15, 0.2) is 0 Å². The molecule has 31 heavy (non-hydrogen) atoms. The van der Waals surface area contributed by atoms with Crippen molar-refractivity contribution in [2.75, 3.05) is 26.8 Å². The predicted octanol–water partition coefficient (Wildman–Crippen LogP) is 3.25. The van der Waals surface area contributed by atoms with E-state index in [1.54, 1.807) is 7.11 Å². The van der Waals surface area contributed by atoms with Crippen LogP contribution >= 0.6 is 11.6 Å². The van der Waals surface area contributed by atoms with Gasteiger partial charge in [-0.25, -0.2) is 0 Å². The van der Waals surface area contributed by atoms with Crippen LogP contribution in [-0.2, 0) is 20.7 Å². The molecule has 0 spiro atoms. The Morgan fingerprint density at radius 2 is 1.84 bits per heavy atom. The molecular weight excluding hydrogens is 414 g/mol. The summed E-state index contributed by atoms with van der Waals surface area (Å²) in [7, 11) is 1.63. The Kier molecular flexibility index (Phi) is 8.76. The third kappa shape index (κ3) is 6.21. The Morgan fingerprint density at radius 1 is 1.16 bits per heavy atom. The molecule has 3 unspecified atom stereocenters. The number of ether oxygens (including phenoxy) is 1. The van der Waals surface area contributed by atoms with Crippen molar-refractivity contribution in [3.8, 4) is 0 Å². The maximum absolute atomic E-state index is 13.3. The number of amides is 2. The number of carbonyl (C=O) groups excluding carboxylic acids is 2. The summed E-state index contributed by atoms with van der Waals surface area (Å²) < 4.78 is 5.24. The zero-order valence-electron chi connectivity index (χ0n) is 18.8.